The summed E-state index contributed by atoms with van der Waals surface area (Å²) in [6, 6.07) is 2.17. The number of fused-ring (bicyclic) bond motifs is 2. The maximum atomic E-state index is 12.8. The highest BCUT2D eigenvalue weighted by Crippen LogP contribution is 2.35. The van der Waals surface area contributed by atoms with Gasteiger partial charge in [-0.2, -0.15) is 0 Å². The van der Waals surface area contributed by atoms with Gasteiger partial charge >= 0.3 is 0 Å². The molecule has 5 nitrogen and oxygen atoms in total. The van der Waals surface area contributed by atoms with Crippen LogP contribution in [0.2, 0.25) is 0 Å². The van der Waals surface area contributed by atoms with Crippen LogP contribution in [-0.4, -0.2) is 32.9 Å². The van der Waals surface area contributed by atoms with E-state index in [2.05, 4.69) is 4.98 Å². The minimum atomic E-state index is -0.109. The number of carbonyl (C=O) groups is 1. The average Bonchev–Trinajstić information content (AvgIpc) is 3.06. The number of aromatic nitrogens is 2. The Labute approximate surface area is 138 Å². The molecule has 1 saturated heterocycles. The number of amides is 1. The maximum Gasteiger partial charge on any atom is 0.262 e. The Hall–Kier alpha value is -1.69. The van der Waals surface area contributed by atoms with Crippen LogP contribution in [0, 0.1) is 5.92 Å². The molecule has 0 spiro atoms. The Kier molecular flexibility index (Phi) is 3.93. The summed E-state index contributed by atoms with van der Waals surface area (Å²) in [7, 11) is 0. The molecule has 4 rings (SSSR count). The molecular formula is C17H21N3O2S. The van der Waals surface area contributed by atoms with E-state index < -0.39 is 0 Å². The second kappa shape index (κ2) is 6.07. The quantitative estimate of drug-likeness (QED) is 0.850. The first kappa shape index (κ1) is 14.9. The van der Waals surface area contributed by atoms with Crippen LogP contribution in [0.1, 0.15) is 38.5 Å². The van der Waals surface area contributed by atoms with Gasteiger partial charge in [0.2, 0.25) is 5.91 Å². The summed E-state index contributed by atoms with van der Waals surface area (Å²) < 4.78 is 1.46. The van der Waals surface area contributed by atoms with E-state index in [1.54, 1.807) is 6.07 Å². The Morgan fingerprint density at radius 2 is 2.09 bits per heavy atom. The van der Waals surface area contributed by atoms with Crippen molar-refractivity contribution in [3.63, 3.8) is 0 Å². The van der Waals surface area contributed by atoms with Gasteiger partial charge in [-0.3, -0.25) is 14.2 Å². The SMILES string of the molecule is O=C(Cn1cnc2sccc2c1=O)N1CCC[C@H]2CCCC[C@H]21. The molecule has 0 aromatic carbocycles. The Bertz CT molecular complexity index is 779. The zero-order chi connectivity index (χ0) is 15.8. The fraction of sp³-hybridized carbons (Fsp3) is 0.588. The highest BCUT2D eigenvalue weighted by Gasteiger charge is 2.35. The molecule has 1 saturated carbocycles. The lowest BCUT2D eigenvalue weighted by atomic mass is 9.78. The number of hydrogen-bond acceptors (Lipinski definition) is 4. The molecule has 0 N–H and O–H groups in total. The van der Waals surface area contributed by atoms with Crippen LogP contribution in [0.3, 0.4) is 0 Å². The minimum absolute atomic E-state index is 0.0695. The fourth-order valence-electron chi connectivity index (χ4n) is 4.18. The zero-order valence-electron chi connectivity index (χ0n) is 13.1. The molecular weight excluding hydrogens is 310 g/mol. The number of carbonyl (C=O) groups excluding carboxylic acids is 1. The van der Waals surface area contributed by atoms with E-state index in [0.717, 1.165) is 24.2 Å². The van der Waals surface area contributed by atoms with Crippen molar-refractivity contribution < 1.29 is 4.79 Å². The molecule has 23 heavy (non-hydrogen) atoms. The zero-order valence-corrected chi connectivity index (χ0v) is 13.9. The number of likely N-dealkylation sites (tertiary alicyclic amines) is 1. The van der Waals surface area contributed by atoms with Crippen molar-refractivity contribution in [3.8, 4) is 0 Å². The van der Waals surface area contributed by atoms with Crippen LogP contribution < -0.4 is 5.56 Å². The van der Waals surface area contributed by atoms with Crippen molar-refractivity contribution in [2.24, 2.45) is 5.92 Å². The van der Waals surface area contributed by atoms with E-state index in [1.807, 2.05) is 10.3 Å². The third-order valence-corrected chi connectivity index (χ3v) is 6.14. The summed E-state index contributed by atoms with van der Waals surface area (Å²) in [5, 5.41) is 2.47. The third-order valence-electron chi connectivity index (χ3n) is 5.32. The standard InChI is InChI=1S/C17H21N3O2S/c21-15(20-8-3-5-12-4-1-2-6-14(12)20)10-19-11-18-16-13(17(19)22)7-9-23-16/h7,9,11-12,14H,1-6,8,10H2/t12-,14-/m1/s1. The third kappa shape index (κ3) is 2.69. The normalized spacial score (nSPS) is 24.6. The summed E-state index contributed by atoms with van der Waals surface area (Å²) in [5.41, 5.74) is -0.109. The Balaban J connectivity index is 1.56. The van der Waals surface area contributed by atoms with E-state index in [9.17, 15) is 9.59 Å². The van der Waals surface area contributed by atoms with Gasteiger partial charge in [0.25, 0.3) is 5.56 Å². The number of hydrogen-bond donors (Lipinski definition) is 0. The summed E-state index contributed by atoms with van der Waals surface area (Å²) in [5.74, 6) is 0.732. The van der Waals surface area contributed by atoms with E-state index in [4.69, 9.17) is 0 Å². The lowest BCUT2D eigenvalue weighted by molar-refractivity contribution is -0.138. The lowest BCUT2D eigenvalue weighted by Crippen LogP contribution is -2.51. The average molecular weight is 331 g/mol. The molecule has 1 aliphatic heterocycles. The topological polar surface area (TPSA) is 55.2 Å². The van der Waals surface area contributed by atoms with Gasteiger partial charge in [0, 0.05) is 12.6 Å². The maximum absolute atomic E-state index is 12.8. The predicted molar refractivity (Wildman–Crippen MR) is 90.6 cm³/mol. The van der Waals surface area contributed by atoms with E-state index in [1.165, 1.54) is 47.9 Å². The first-order chi connectivity index (χ1) is 11.2. The van der Waals surface area contributed by atoms with Gasteiger partial charge in [-0.1, -0.05) is 12.8 Å². The van der Waals surface area contributed by atoms with Crippen molar-refractivity contribution in [2.75, 3.05) is 6.54 Å². The Morgan fingerprint density at radius 3 is 3.00 bits per heavy atom. The van der Waals surface area contributed by atoms with Crippen molar-refractivity contribution in [1.29, 1.82) is 0 Å². The second-order valence-corrected chi connectivity index (χ2v) is 7.55. The highest BCUT2D eigenvalue weighted by atomic mass is 32.1. The lowest BCUT2D eigenvalue weighted by Gasteiger charge is -2.44. The van der Waals surface area contributed by atoms with Gasteiger partial charge in [-0.25, -0.2) is 4.98 Å². The smallest absolute Gasteiger partial charge is 0.262 e. The van der Waals surface area contributed by atoms with Crippen LogP contribution in [0.5, 0.6) is 0 Å². The van der Waals surface area contributed by atoms with Gasteiger partial charge in [0.15, 0.2) is 0 Å². The van der Waals surface area contributed by atoms with Gasteiger partial charge in [0.05, 0.1) is 11.7 Å². The van der Waals surface area contributed by atoms with Gasteiger partial charge < -0.3 is 4.90 Å². The summed E-state index contributed by atoms with van der Waals surface area (Å²) >= 11 is 1.45. The van der Waals surface area contributed by atoms with Crippen molar-refractivity contribution in [3.05, 3.63) is 28.1 Å². The molecule has 0 unspecified atom stereocenters. The minimum Gasteiger partial charge on any atom is -0.338 e. The van der Waals surface area contributed by atoms with Crippen LogP contribution in [0.15, 0.2) is 22.6 Å². The number of rotatable bonds is 2. The van der Waals surface area contributed by atoms with E-state index in [0.29, 0.717) is 17.3 Å². The van der Waals surface area contributed by atoms with Gasteiger partial charge in [-0.15, -0.1) is 11.3 Å². The molecule has 0 radical (unpaired) electrons. The highest BCUT2D eigenvalue weighted by molar-refractivity contribution is 7.16. The van der Waals surface area contributed by atoms with Gasteiger partial charge in [0.1, 0.15) is 11.4 Å². The first-order valence-electron chi connectivity index (χ1n) is 8.46. The van der Waals surface area contributed by atoms with Crippen LogP contribution in [0.25, 0.3) is 10.2 Å². The molecule has 2 aliphatic rings. The summed E-state index contributed by atoms with van der Waals surface area (Å²) in [6.45, 7) is 0.948. The van der Waals surface area contributed by atoms with E-state index in [-0.39, 0.29) is 18.0 Å². The number of piperidine rings is 1. The van der Waals surface area contributed by atoms with Crippen LogP contribution in [-0.2, 0) is 11.3 Å². The van der Waals surface area contributed by atoms with E-state index >= 15 is 0 Å². The second-order valence-electron chi connectivity index (χ2n) is 6.66. The van der Waals surface area contributed by atoms with Crippen molar-refractivity contribution >= 4 is 27.5 Å². The molecule has 1 amide bonds. The fourth-order valence-corrected chi connectivity index (χ4v) is 4.90. The molecule has 1 aliphatic carbocycles. The largest absolute Gasteiger partial charge is 0.338 e. The number of thiophene rings is 1. The Morgan fingerprint density at radius 1 is 1.26 bits per heavy atom. The molecule has 2 aromatic heterocycles. The van der Waals surface area contributed by atoms with Crippen molar-refractivity contribution in [1.82, 2.24) is 14.5 Å². The first-order valence-corrected chi connectivity index (χ1v) is 9.34. The van der Waals surface area contributed by atoms with Gasteiger partial charge in [-0.05, 0) is 43.0 Å². The van der Waals surface area contributed by atoms with Crippen molar-refractivity contribution in [2.45, 2.75) is 51.1 Å². The predicted octanol–water partition coefficient (Wildman–Crippen LogP) is 2.64. The number of nitrogens with zero attached hydrogens (tertiary/aromatic N) is 3. The summed E-state index contributed by atoms with van der Waals surface area (Å²) in [4.78, 5) is 32.3. The molecule has 2 aromatic rings. The molecule has 0 bridgehead atoms. The van der Waals surface area contributed by atoms with Crippen LogP contribution >= 0.6 is 11.3 Å². The molecule has 3 heterocycles. The molecule has 2 atom stereocenters. The molecule has 122 valence electrons. The monoisotopic (exact) mass is 331 g/mol. The molecule has 6 heteroatoms. The molecule has 2 fully saturated rings. The van der Waals surface area contributed by atoms with Crippen LogP contribution in [0.4, 0.5) is 0 Å². The summed E-state index contributed by atoms with van der Waals surface area (Å²) in [6.07, 6.45) is 8.72.